The molecule has 0 heterocycles. The molecule has 4 nitrogen and oxygen atoms in total. The van der Waals surface area contributed by atoms with Crippen LogP contribution in [-0.2, 0) is 11.3 Å². The standard InChI is InChI=1S/C16H17FN2O2/c17-15-7-6-13(10-12(15)11-18)19-16(20)8-9-21-14-4-2-1-3-5-14/h1-7,10H,8-9,11,18H2,(H,19,20). The highest BCUT2D eigenvalue weighted by Crippen LogP contribution is 2.14. The maximum absolute atomic E-state index is 13.3. The maximum atomic E-state index is 13.3. The normalized spacial score (nSPS) is 10.2. The lowest BCUT2D eigenvalue weighted by atomic mass is 10.2. The van der Waals surface area contributed by atoms with Crippen molar-refractivity contribution in [3.8, 4) is 5.75 Å². The number of hydrogen-bond donors (Lipinski definition) is 2. The van der Waals surface area contributed by atoms with E-state index in [1.165, 1.54) is 18.2 Å². The van der Waals surface area contributed by atoms with Gasteiger partial charge in [0.1, 0.15) is 11.6 Å². The SMILES string of the molecule is NCc1cc(NC(=O)CCOc2ccccc2)ccc1F. The molecule has 0 fully saturated rings. The van der Waals surface area contributed by atoms with E-state index in [-0.39, 0.29) is 31.3 Å². The Hall–Kier alpha value is -2.40. The van der Waals surface area contributed by atoms with Crippen LogP contribution in [0.25, 0.3) is 0 Å². The van der Waals surface area contributed by atoms with Crippen molar-refractivity contribution in [1.29, 1.82) is 0 Å². The predicted molar refractivity (Wildman–Crippen MR) is 79.5 cm³/mol. The van der Waals surface area contributed by atoms with E-state index in [4.69, 9.17) is 10.5 Å². The fourth-order valence-corrected chi connectivity index (χ4v) is 1.81. The fourth-order valence-electron chi connectivity index (χ4n) is 1.81. The molecule has 0 saturated carbocycles. The van der Waals surface area contributed by atoms with Crippen LogP contribution < -0.4 is 15.8 Å². The molecule has 0 aliphatic rings. The van der Waals surface area contributed by atoms with Crippen molar-refractivity contribution >= 4 is 11.6 Å². The van der Waals surface area contributed by atoms with Crippen molar-refractivity contribution in [2.45, 2.75) is 13.0 Å². The summed E-state index contributed by atoms with van der Waals surface area (Å²) in [5, 5.41) is 2.69. The third-order valence-corrected chi connectivity index (χ3v) is 2.89. The molecule has 0 unspecified atom stereocenters. The number of para-hydroxylation sites is 1. The van der Waals surface area contributed by atoms with Crippen LogP contribution in [0.5, 0.6) is 5.75 Å². The zero-order valence-corrected chi connectivity index (χ0v) is 11.5. The number of halogens is 1. The Labute approximate surface area is 122 Å². The van der Waals surface area contributed by atoms with Crippen molar-refractivity contribution in [3.63, 3.8) is 0 Å². The molecular weight excluding hydrogens is 271 g/mol. The van der Waals surface area contributed by atoms with Crippen LogP contribution in [0, 0.1) is 5.82 Å². The van der Waals surface area contributed by atoms with Crippen molar-refractivity contribution in [2.24, 2.45) is 5.73 Å². The summed E-state index contributed by atoms with van der Waals surface area (Å²) in [5.41, 5.74) is 6.32. The Balaban J connectivity index is 1.82. The van der Waals surface area contributed by atoms with Crippen molar-refractivity contribution in [1.82, 2.24) is 0 Å². The number of amides is 1. The van der Waals surface area contributed by atoms with Crippen LogP contribution in [0.1, 0.15) is 12.0 Å². The second-order valence-corrected chi connectivity index (χ2v) is 4.47. The van der Waals surface area contributed by atoms with E-state index in [1.54, 1.807) is 0 Å². The van der Waals surface area contributed by atoms with Gasteiger partial charge in [-0.3, -0.25) is 4.79 Å². The minimum Gasteiger partial charge on any atom is -0.493 e. The van der Waals surface area contributed by atoms with E-state index in [2.05, 4.69) is 5.32 Å². The summed E-state index contributed by atoms with van der Waals surface area (Å²) in [6.07, 6.45) is 0.213. The minimum absolute atomic E-state index is 0.0899. The van der Waals surface area contributed by atoms with Crippen LogP contribution in [0.2, 0.25) is 0 Å². The monoisotopic (exact) mass is 288 g/mol. The van der Waals surface area contributed by atoms with Gasteiger partial charge in [-0.15, -0.1) is 0 Å². The Kier molecular flexibility index (Phi) is 5.29. The highest BCUT2D eigenvalue weighted by atomic mass is 19.1. The molecule has 5 heteroatoms. The molecule has 0 saturated heterocycles. The molecule has 0 bridgehead atoms. The maximum Gasteiger partial charge on any atom is 0.227 e. The number of rotatable bonds is 6. The van der Waals surface area contributed by atoms with Gasteiger partial charge in [-0.2, -0.15) is 0 Å². The van der Waals surface area contributed by atoms with E-state index in [0.717, 1.165) is 5.75 Å². The molecule has 2 aromatic rings. The van der Waals surface area contributed by atoms with Crippen LogP contribution in [0.4, 0.5) is 10.1 Å². The third kappa shape index (κ3) is 4.57. The minimum atomic E-state index is -0.372. The Bertz CT molecular complexity index is 602. The molecule has 2 rings (SSSR count). The number of hydrogen-bond acceptors (Lipinski definition) is 3. The molecule has 0 aliphatic carbocycles. The molecule has 2 aromatic carbocycles. The van der Waals surface area contributed by atoms with Gasteiger partial charge in [0.25, 0.3) is 0 Å². The van der Waals surface area contributed by atoms with E-state index >= 15 is 0 Å². The number of nitrogens with one attached hydrogen (secondary N) is 1. The summed E-state index contributed by atoms with van der Waals surface area (Å²) in [6, 6.07) is 13.6. The Morgan fingerprint density at radius 2 is 1.95 bits per heavy atom. The van der Waals surface area contributed by atoms with Crippen molar-refractivity contribution in [2.75, 3.05) is 11.9 Å². The molecule has 1 amide bonds. The molecular formula is C16H17FN2O2. The molecule has 3 N–H and O–H groups in total. The summed E-state index contributed by atoms with van der Waals surface area (Å²) < 4.78 is 18.7. The molecule has 0 spiro atoms. The first-order valence-electron chi connectivity index (χ1n) is 6.65. The van der Waals surface area contributed by atoms with Crippen LogP contribution in [0.3, 0.4) is 0 Å². The van der Waals surface area contributed by atoms with E-state index < -0.39 is 0 Å². The van der Waals surface area contributed by atoms with Gasteiger partial charge in [0.2, 0.25) is 5.91 Å². The molecule has 0 aliphatic heterocycles. The first-order chi connectivity index (χ1) is 10.2. The quantitative estimate of drug-likeness (QED) is 0.859. The van der Waals surface area contributed by atoms with Gasteiger partial charge in [-0.1, -0.05) is 18.2 Å². The van der Waals surface area contributed by atoms with Crippen LogP contribution >= 0.6 is 0 Å². The topological polar surface area (TPSA) is 64.3 Å². The molecule has 110 valence electrons. The summed E-state index contributed by atoms with van der Waals surface area (Å²) in [4.78, 5) is 11.8. The molecule has 0 aromatic heterocycles. The third-order valence-electron chi connectivity index (χ3n) is 2.89. The summed E-state index contributed by atoms with van der Waals surface area (Å²) >= 11 is 0. The summed E-state index contributed by atoms with van der Waals surface area (Å²) in [5.74, 6) is 0.154. The average molecular weight is 288 g/mol. The first kappa shape index (κ1) is 15.0. The molecule has 0 atom stereocenters. The van der Waals surface area contributed by atoms with Gasteiger partial charge in [0.05, 0.1) is 13.0 Å². The number of anilines is 1. The summed E-state index contributed by atoms with van der Waals surface area (Å²) in [6.45, 7) is 0.369. The van der Waals surface area contributed by atoms with Crippen LogP contribution in [-0.4, -0.2) is 12.5 Å². The number of benzene rings is 2. The lowest BCUT2D eigenvalue weighted by Gasteiger charge is -2.08. The zero-order valence-electron chi connectivity index (χ0n) is 11.5. The van der Waals surface area contributed by atoms with Crippen LogP contribution in [0.15, 0.2) is 48.5 Å². The lowest BCUT2D eigenvalue weighted by molar-refractivity contribution is -0.116. The van der Waals surface area contributed by atoms with Gasteiger partial charge < -0.3 is 15.8 Å². The van der Waals surface area contributed by atoms with Crippen molar-refractivity contribution < 1.29 is 13.9 Å². The van der Waals surface area contributed by atoms with Gasteiger partial charge >= 0.3 is 0 Å². The van der Waals surface area contributed by atoms with E-state index in [9.17, 15) is 9.18 Å². The van der Waals surface area contributed by atoms with Crippen molar-refractivity contribution in [3.05, 3.63) is 59.9 Å². The highest BCUT2D eigenvalue weighted by molar-refractivity contribution is 5.90. The lowest BCUT2D eigenvalue weighted by Crippen LogP contribution is -2.15. The number of nitrogens with two attached hydrogens (primary N) is 1. The zero-order chi connectivity index (χ0) is 15.1. The predicted octanol–water partition coefficient (Wildman–Crippen LogP) is 2.69. The van der Waals surface area contributed by atoms with Gasteiger partial charge in [-0.25, -0.2) is 4.39 Å². The number of ether oxygens (including phenoxy) is 1. The average Bonchev–Trinajstić information content (AvgIpc) is 2.50. The largest absolute Gasteiger partial charge is 0.493 e. The smallest absolute Gasteiger partial charge is 0.227 e. The van der Waals surface area contributed by atoms with E-state index in [1.807, 2.05) is 30.3 Å². The van der Waals surface area contributed by atoms with Gasteiger partial charge in [0.15, 0.2) is 0 Å². The Morgan fingerprint density at radius 3 is 2.67 bits per heavy atom. The second kappa shape index (κ2) is 7.40. The molecule has 21 heavy (non-hydrogen) atoms. The second-order valence-electron chi connectivity index (χ2n) is 4.47. The van der Waals surface area contributed by atoms with E-state index in [0.29, 0.717) is 11.3 Å². The highest BCUT2D eigenvalue weighted by Gasteiger charge is 2.06. The van der Waals surface area contributed by atoms with Gasteiger partial charge in [0, 0.05) is 17.8 Å². The van der Waals surface area contributed by atoms with Gasteiger partial charge in [-0.05, 0) is 30.3 Å². The number of carbonyl (C=O) groups is 1. The first-order valence-corrected chi connectivity index (χ1v) is 6.65. The number of carbonyl (C=O) groups excluding carboxylic acids is 1. The Morgan fingerprint density at radius 1 is 1.19 bits per heavy atom. The summed E-state index contributed by atoms with van der Waals surface area (Å²) in [7, 11) is 0. The molecule has 0 radical (unpaired) electrons. The fraction of sp³-hybridized carbons (Fsp3) is 0.188.